The Morgan fingerprint density at radius 1 is 1.29 bits per heavy atom. The van der Waals surface area contributed by atoms with E-state index in [9.17, 15) is 0 Å². The van der Waals surface area contributed by atoms with Gasteiger partial charge in [-0.2, -0.15) is 4.98 Å². The quantitative estimate of drug-likeness (QED) is 0.782. The van der Waals surface area contributed by atoms with Crippen LogP contribution in [0.4, 0.5) is 5.13 Å². The van der Waals surface area contributed by atoms with Gasteiger partial charge in [0.1, 0.15) is 17.2 Å². The third-order valence-electron chi connectivity index (χ3n) is 3.46. The first-order chi connectivity index (χ1) is 10.2. The number of nitrogens with zero attached hydrogens (tertiary/aromatic N) is 3. The van der Waals surface area contributed by atoms with Gasteiger partial charge in [-0.3, -0.25) is 0 Å². The van der Waals surface area contributed by atoms with Crippen molar-refractivity contribution >= 4 is 16.5 Å². The van der Waals surface area contributed by atoms with E-state index in [0.717, 1.165) is 21.9 Å². The molecule has 1 aromatic carbocycles. The lowest BCUT2D eigenvalue weighted by Crippen LogP contribution is -2.04. The molecule has 1 atom stereocenters. The van der Waals surface area contributed by atoms with Gasteiger partial charge in [-0.25, -0.2) is 4.98 Å². The molecular formula is C14H12N4O2S. The van der Waals surface area contributed by atoms with Crippen molar-refractivity contribution in [2.45, 2.75) is 12.8 Å². The average Bonchev–Trinajstić information content (AvgIpc) is 3.16. The molecule has 1 aliphatic rings. The molecule has 0 saturated heterocycles. The summed E-state index contributed by atoms with van der Waals surface area (Å²) in [6.45, 7) is 2.40. The normalized spacial score (nSPS) is 16.7. The number of benzene rings is 1. The number of rotatable bonds is 2. The van der Waals surface area contributed by atoms with Crippen LogP contribution in [0.3, 0.4) is 0 Å². The SMILES string of the molecule is Cc1nc(N)sc1-c1nc(C2COc3ccccc32)no1. The maximum Gasteiger partial charge on any atom is 0.270 e. The zero-order valence-corrected chi connectivity index (χ0v) is 12.1. The van der Waals surface area contributed by atoms with Gasteiger partial charge in [0, 0.05) is 5.56 Å². The summed E-state index contributed by atoms with van der Waals surface area (Å²) in [7, 11) is 0. The first kappa shape index (κ1) is 12.3. The minimum Gasteiger partial charge on any atom is -0.492 e. The second kappa shape index (κ2) is 4.56. The number of para-hydroxylation sites is 1. The number of aryl methyl sites for hydroxylation is 1. The average molecular weight is 300 g/mol. The smallest absolute Gasteiger partial charge is 0.270 e. The van der Waals surface area contributed by atoms with Crippen molar-refractivity contribution in [1.82, 2.24) is 15.1 Å². The summed E-state index contributed by atoms with van der Waals surface area (Å²) in [6, 6.07) is 7.91. The Labute approximate surface area is 124 Å². The number of aromatic nitrogens is 3. The fourth-order valence-corrected chi connectivity index (χ4v) is 3.22. The minimum absolute atomic E-state index is 0.00396. The van der Waals surface area contributed by atoms with Crippen molar-refractivity contribution < 1.29 is 9.26 Å². The van der Waals surface area contributed by atoms with Gasteiger partial charge >= 0.3 is 0 Å². The van der Waals surface area contributed by atoms with Crippen molar-refractivity contribution in [3.05, 3.63) is 41.3 Å². The van der Waals surface area contributed by atoms with E-state index < -0.39 is 0 Å². The molecule has 0 radical (unpaired) electrons. The molecule has 1 unspecified atom stereocenters. The Morgan fingerprint density at radius 2 is 2.14 bits per heavy atom. The molecule has 106 valence electrons. The molecule has 0 aliphatic carbocycles. The zero-order chi connectivity index (χ0) is 14.4. The van der Waals surface area contributed by atoms with Crippen LogP contribution in [-0.4, -0.2) is 21.7 Å². The van der Waals surface area contributed by atoms with Gasteiger partial charge in [-0.15, -0.1) is 0 Å². The molecule has 0 saturated carbocycles. The van der Waals surface area contributed by atoms with Crippen molar-refractivity contribution in [3.8, 4) is 16.5 Å². The maximum absolute atomic E-state index is 5.71. The predicted octanol–water partition coefficient (Wildman–Crippen LogP) is 2.61. The monoisotopic (exact) mass is 300 g/mol. The van der Waals surface area contributed by atoms with Crippen molar-refractivity contribution in [2.75, 3.05) is 12.3 Å². The van der Waals surface area contributed by atoms with Crippen LogP contribution in [0.5, 0.6) is 5.75 Å². The highest BCUT2D eigenvalue weighted by Gasteiger charge is 2.30. The molecule has 3 aromatic rings. The van der Waals surface area contributed by atoms with Crippen LogP contribution in [0.15, 0.2) is 28.8 Å². The van der Waals surface area contributed by atoms with Crippen LogP contribution in [-0.2, 0) is 0 Å². The Bertz CT molecular complexity index is 811. The molecular weight excluding hydrogens is 288 g/mol. The first-order valence-corrected chi connectivity index (χ1v) is 7.32. The van der Waals surface area contributed by atoms with Crippen LogP contribution < -0.4 is 10.5 Å². The number of thiazole rings is 1. The van der Waals surface area contributed by atoms with Crippen LogP contribution in [0, 0.1) is 6.92 Å². The molecule has 0 spiro atoms. The Kier molecular flexibility index (Phi) is 2.68. The van der Waals surface area contributed by atoms with E-state index in [-0.39, 0.29) is 5.92 Å². The lowest BCUT2D eigenvalue weighted by molar-refractivity contribution is 0.335. The van der Waals surface area contributed by atoms with E-state index in [2.05, 4.69) is 15.1 Å². The highest BCUT2D eigenvalue weighted by molar-refractivity contribution is 7.18. The van der Waals surface area contributed by atoms with E-state index in [1.165, 1.54) is 11.3 Å². The summed E-state index contributed by atoms with van der Waals surface area (Å²) in [5.74, 6) is 1.97. The Hall–Kier alpha value is -2.41. The largest absolute Gasteiger partial charge is 0.492 e. The van der Waals surface area contributed by atoms with E-state index in [4.69, 9.17) is 15.0 Å². The van der Waals surface area contributed by atoms with Gasteiger partial charge in [-0.05, 0) is 13.0 Å². The fraction of sp³-hybridized carbons (Fsp3) is 0.214. The second-order valence-corrected chi connectivity index (χ2v) is 5.86. The van der Waals surface area contributed by atoms with Gasteiger partial charge in [0.05, 0.1) is 11.6 Å². The van der Waals surface area contributed by atoms with Crippen LogP contribution >= 0.6 is 11.3 Å². The number of hydrogen-bond acceptors (Lipinski definition) is 7. The molecule has 2 aromatic heterocycles. The van der Waals surface area contributed by atoms with Crippen LogP contribution in [0.25, 0.3) is 10.8 Å². The van der Waals surface area contributed by atoms with Crippen molar-refractivity contribution in [3.63, 3.8) is 0 Å². The number of ether oxygens (including phenoxy) is 1. The number of anilines is 1. The van der Waals surface area contributed by atoms with Crippen molar-refractivity contribution in [1.29, 1.82) is 0 Å². The molecule has 0 fully saturated rings. The zero-order valence-electron chi connectivity index (χ0n) is 11.2. The number of nitrogen functional groups attached to an aromatic ring is 1. The molecule has 0 bridgehead atoms. The van der Waals surface area contributed by atoms with E-state index in [1.807, 2.05) is 31.2 Å². The lowest BCUT2D eigenvalue weighted by Gasteiger charge is -2.01. The molecule has 6 nitrogen and oxygen atoms in total. The lowest BCUT2D eigenvalue weighted by atomic mass is 10.0. The second-order valence-electron chi connectivity index (χ2n) is 4.83. The maximum atomic E-state index is 5.71. The summed E-state index contributed by atoms with van der Waals surface area (Å²) in [6.07, 6.45) is 0. The summed E-state index contributed by atoms with van der Waals surface area (Å²) < 4.78 is 11.0. The highest BCUT2D eigenvalue weighted by Crippen LogP contribution is 2.38. The predicted molar refractivity (Wildman–Crippen MR) is 78.3 cm³/mol. The van der Waals surface area contributed by atoms with Gasteiger partial charge in [0.2, 0.25) is 0 Å². The van der Waals surface area contributed by atoms with Gasteiger partial charge in [0.15, 0.2) is 11.0 Å². The molecule has 2 N–H and O–H groups in total. The number of fused-ring (bicyclic) bond motifs is 1. The van der Waals surface area contributed by atoms with Crippen molar-refractivity contribution in [2.24, 2.45) is 0 Å². The molecule has 7 heteroatoms. The molecule has 1 aliphatic heterocycles. The first-order valence-electron chi connectivity index (χ1n) is 6.51. The number of hydrogen-bond donors (Lipinski definition) is 1. The van der Waals surface area contributed by atoms with Gasteiger partial charge in [-0.1, -0.05) is 34.7 Å². The third-order valence-corrected chi connectivity index (χ3v) is 4.44. The molecule has 21 heavy (non-hydrogen) atoms. The van der Waals surface area contributed by atoms with Gasteiger partial charge < -0.3 is 15.0 Å². The summed E-state index contributed by atoms with van der Waals surface area (Å²) >= 11 is 1.35. The van der Waals surface area contributed by atoms with E-state index in [1.54, 1.807) is 0 Å². The standard InChI is InChI=1S/C14H12N4O2S/c1-7-11(21-14(15)16-7)13-17-12(18-20-13)9-6-19-10-5-3-2-4-8(9)10/h2-5,9H,6H2,1H3,(H2,15,16). The van der Waals surface area contributed by atoms with Gasteiger partial charge in [0.25, 0.3) is 5.89 Å². The highest BCUT2D eigenvalue weighted by atomic mass is 32.1. The summed E-state index contributed by atoms with van der Waals surface area (Å²) in [5, 5.41) is 4.59. The molecule has 4 rings (SSSR count). The topological polar surface area (TPSA) is 87.1 Å². The minimum atomic E-state index is 0.00396. The van der Waals surface area contributed by atoms with E-state index >= 15 is 0 Å². The Balaban J connectivity index is 1.71. The third kappa shape index (κ3) is 1.97. The van der Waals surface area contributed by atoms with Crippen LogP contribution in [0.1, 0.15) is 23.0 Å². The van der Waals surface area contributed by atoms with Crippen LogP contribution in [0.2, 0.25) is 0 Å². The molecule has 3 heterocycles. The summed E-state index contributed by atoms with van der Waals surface area (Å²) in [5.41, 5.74) is 7.60. The fourth-order valence-electron chi connectivity index (χ4n) is 2.46. The number of nitrogens with two attached hydrogens (primary N) is 1. The van der Waals surface area contributed by atoms with E-state index in [0.29, 0.717) is 23.5 Å². The Morgan fingerprint density at radius 3 is 2.95 bits per heavy atom. The molecule has 0 amide bonds. The summed E-state index contributed by atoms with van der Waals surface area (Å²) in [4.78, 5) is 9.48.